The number of hydrogen-bond donors (Lipinski definition) is 2. The minimum atomic E-state index is -4.31. The van der Waals surface area contributed by atoms with Gasteiger partial charge in [0.15, 0.2) is 5.78 Å². The Kier molecular flexibility index (Phi) is 8.64. The number of anilines is 2. The van der Waals surface area contributed by atoms with Crippen molar-refractivity contribution < 1.29 is 22.5 Å². The first kappa shape index (κ1) is 27.5. The molecule has 6 nitrogen and oxygen atoms in total. The van der Waals surface area contributed by atoms with E-state index < -0.39 is 10.1 Å². The molecule has 4 rings (SSSR count). The molecule has 0 aliphatic rings. The van der Waals surface area contributed by atoms with Crippen molar-refractivity contribution in [3.8, 4) is 0 Å². The van der Waals surface area contributed by atoms with Gasteiger partial charge in [-0.3, -0.25) is 9.35 Å². The number of benzene rings is 4. The summed E-state index contributed by atoms with van der Waals surface area (Å²) >= 11 is 6.50. The predicted octanol–water partition coefficient (Wildman–Crippen LogP) is 6.94. The molecule has 0 unspecified atom stereocenters. The first-order valence-corrected chi connectivity index (χ1v) is 13.8. The number of nitrogens with one attached hydrogen (secondary N) is 1. The molecular formula is C30H28ClNO5S. The summed E-state index contributed by atoms with van der Waals surface area (Å²) in [5, 5.41) is 3.69. The third-order valence-electron chi connectivity index (χ3n) is 6.17. The average Bonchev–Trinajstić information content (AvgIpc) is 2.87. The first-order valence-electron chi connectivity index (χ1n) is 12.0. The predicted molar refractivity (Wildman–Crippen MR) is 150 cm³/mol. The molecule has 0 aliphatic heterocycles. The third-order valence-corrected chi connectivity index (χ3v) is 7.43. The topological polar surface area (TPSA) is 92.7 Å². The summed E-state index contributed by atoms with van der Waals surface area (Å²) in [6.07, 6.45) is 0.332. The maximum Gasteiger partial charge on any atom is 0.294 e. The van der Waals surface area contributed by atoms with E-state index in [1.807, 2.05) is 62.4 Å². The van der Waals surface area contributed by atoms with Gasteiger partial charge in [-0.05, 0) is 61.7 Å². The van der Waals surface area contributed by atoms with Crippen molar-refractivity contribution in [2.75, 3.05) is 11.9 Å². The fraction of sp³-hybridized carbons (Fsp3) is 0.167. The van der Waals surface area contributed by atoms with Gasteiger partial charge in [-0.2, -0.15) is 8.42 Å². The second-order valence-electron chi connectivity index (χ2n) is 9.01. The smallest absolute Gasteiger partial charge is 0.294 e. The Morgan fingerprint density at radius 1 is 0.895 bits per heavy atom. The standard InChI is InChI=1S/C30H28ClNO5S/c1-20-11-14-29(38(34,35)36)22(17-20)15-16-37-19-23-8-4-6-10-28(23)32-24-12-13-26(27(31)18-24)30(33)25-9-5-3-7-21(25)2/h3-14,17-18,32H,15-16,19H2,1-2H3,(H,34,35,36). The van der Waals surface area contributed by atoms with Crippen LogP contribution < -0.4 is 5.32 Å². The number of halogens is 1. The van der Waals surface area contributed by atoms with Crippen molar-refractivity contribution in [2.24, 2.45) is 0 Å². The van der Waals surface area contributed by atoms with E-state index in [-0.39, 0.29) is 23.9 Å². The zero-order chi connectivity index (χ0) is 27.3. The van der Waals surface area contributed by atoms with Crippen molar-refractivity contribution in [1.29, 1.82) is 0 Å². The molecule has 0 spiro atoms. The van der Waals surface area contributed by atoms with E-state index >= 15 is 0 Å². The molecule has 4 aromatic rings. The Balaban J connectivity index is 1.43. The van der Waals surface area contributed by atoms with Crippen LogP contribution in [-0.4, -0.2) is 25.4 Å². The van der Waals surface area contributed by atoms with Gasteiger partial charge in [-0.25, -0.2) is 0 Å². The fourth-order valence-corrected chi connectivity index (χ4v) is 5.19. The van der Waals surface area contributed by atoms with Crippen molar-refractivity contribution in [1.82, 2.24) is 0 Å². The Labute approximate surface area is 228 Å². The number of hydrogen-bond acceptors (Lipinski definition) is 5. The van der Waals surface area contributed by atoms with Crippen LogP contribution in [0.3, 0.4) is 0 Å². The van der Waals surface area contributed by atoms with Gasteiger partial charge in [0.1, 0.15) is 0 Å². The van der Waals surface area contributed by atoms with Crippen LogP contribution in [0.5, 0.6) is 0 Å². The molecule has 0 bridgehead atoms. The lowest BCUT2D eigenvalue weighted by atomic mass is 9.99. The van der Waals surface area contributed by atoms with Crippen LogP contribution in [0.25, 0.3) is 0 Å². The molecule has 0 heterocycles. The van der Waals surface area contributed by atoms with Crippen molar-refractivity contribution in [3.63, 3.8) is 0 Å². The summed E-state index contributed by atoms with van der Waals surface area (Å²) in [4.78, 5) is 12.9. The van der Waals surface area contributed by atoms with Crippen LogP contribution >= 0.6 is 11.6 Å². The summed E-state index contributed by atoms with van der Waals surface area (Å²) in [5.74, 6) is -0.126. The van der Waals surface area contributed by atoms with E-state index in [0.29, 0.717) is 28.1 Å². The van der Waals surface area contributed by atoms with Crippen molar-refractivity contribution >= 4 is 38.9 Å². The lowest BCUT2D eigenvalue weighted by molar-refractivity contribution is 0.103. The molecule has 0 saturated heterocycles. The second-order valence-corrected chi connectivity index (χ2v) is 10.8. The van der Waals surface area contributed by atoms with E-state index in [4.69, 9.17) is 16.3 Å². The summed E-state index contributed by atoms with van der Waals surface area (Å²) in [5.41, 5.74) is 5.78. The van der Waals surface area contributed by atoms with E-state index in [9.17, 15) is 17.8 Å². The van der Waals surface area contributed by atoms with Crippen LogP contribution in [0.4, 0.5) is 11.4 Å². The maximum atomic E-state index is 13.0. The molecule has 0 radical (unpaired) electrons. The van der Waals surface area contributed by atoms with Gasteiger partial charge in [0.2, 0.25) is 0 Å². The summed E-state index contributed by atoms with van der Waals surface area (Å²) < 4.78 is 38.7. The Bertz CT molecular complexity index is 1580. The molecule has 38 heavy (non-hydrogen) atoms. The van der Waals surface area contributed by atoms with Gasteiger partial charge >= 0.3 is 0 Å². The van der Waals surface area contributed by atoms with Crippen LogP contribution in [0.2, 0.25) is 5.02 Å². The lowest BCUT2D eigenvalue weighted by Gasteiger charge is -2.14. The number of ether oxygens (including phenoxy) is 1. The first-order chi connectivity index (χ1) is 18.1. The van der Waals surface area contributed by atoms with E-state index in [1.54, 1.807) is 30.3 Å². The molecule has 0 saturated carbocycles. The highest BCUT2D eigenvalue weighted by molar-refractivity contribution is 7.85. The van der Waals surface area contributed by atoms with Gasteiger partial charge in [0.05, 0.1) is 23.1 Å². The molecule has 0 fully saturated rings. The van der Waals surface area contributed by atoms with Gasteiger partial charge in [0.25, 0.3) is 10.1 Å². The molecule has 8 heteroatoms. The number of aryl methyl sites for hydroxylation is 2. The molecule has 0 atom stereocenters. The van der Waals surface area contributed by atoms with Gasteiger partial charge in [-0.1, -0.05) is 71.8 Å². The van der Waals surface area contributed by atoms with Crippen LogP contribution in [0.15, 0.2) is 89.8 Å². The normalized spacial score (nSPS) is 11.4. The molecule has 0 amide bonds. The molecule has 0 aliphatic carbocycles. The third kappa shape index (κ3) is 6.68. The van der Waals surface area contributed by atoms with E-state index in [1.165, 1.54) is 6.07 Å². The summed E-state index contributed by atoms with van der Waals surface area (Å²) in [6.45, 7) is 4.30. The Hall–Kier alpha value is -3.49. The molecule has 2 N–H and O–H groups in total. The van der Waals surface area contributed by atoms with Gasteiger partial charge in [-0.15, -0.1) is 0 Å². The average molecular weight is 550 g/mol. The van der Waals surface area contributed by atoms with E-state index in [0.717, 1.165) is 28.1 Å². The van der Waals surface area contributed by atoms with Gasteiger partial charge < -0.3 is 10.1 Å². The number of carbonyl (C=O) groups excluding carboxylic acids is 1. The molecule has 196 valence electrons. The molecule has 4 aromatic carbocycles. The summed E-state index contributed by atoms with van der Waals surface area (Å²) in [7, 11) is -4.31. The van der Waals surface area contributed by atoms with Crippen LogP contribution in [0, 0.1) is 13.8 Å². The number of ketones is 1. The van der Waals surface area contributed by atoms with Crippen molar-refractivity contribution in [2.45, 2.75) is 31.8 Å². The zero-order valence-corrected chi connectivity index (χ0v) is 22.6. The highest BCUT2D eigenvalue weighted by atomic mass is 35.5. The number of carbonyl (C=O) groups is 1. The second kappa shape index (κ2) is 11.9. The van der Waals surface area contributed by atoms with Gasteiger partial charge in [0, 0.05) is 28.1 Å². The minimum Gasteiger partial charge on any atom is -0.376 e. The fourth-order valence-electron chi connectivity index (χ4n) is 4.19. The largest absolute Gasteiger partial charge is 0.376 e. The van der Waals surface area contributed by atoms with Crippen molar-refractivity contribution in [3.05, 3.63) is 123 Å². The Morgan fingerprint density at radius 2 is 1.63 bits per heavy atom. The number of para-hydroxylation sites is 1. The number of rotatable bonds is 10. The lowest BCUT2D eigenvalue weighted by Crippen LogP contribution is -2.07. The monoisotopic (exact) mass is 549 g/mol. The van der Waals surface area contributed by atoms with E-state index in [2.05, 4.69) is 5.32 Å². The zero-order valence-electron chi connectivity index (χ0n) is 21.1. The minimum absolute atomic E-state index is 0.102. The van der Waals surface area contributed by atoms with Crippen LogP contribution in [0.1, 0.15) is 38.2 Å². The maximum absolute atomic E-state index is 13.0. The molecular weight excluding hydrogens is 522 g/mol. The summed E-state index contributed by atoms with van der Waals surface area (Å²) in [6, 6.07) is 25.1. The highest BCUT2D eigenvalue weighted by Gasteiger charge is 2.17. The Morgan fingerprint density at radius 3 is 2.37 bits per heavy atom. The SMILES string of the molecule is Cc1ccc(S(=O)(=O)O)c(CCOCc2ccccc2Nc2ccc(C(=O)c3ccccc3C)c(Cl)c2)c1. The molecule has 0 aromatic heterocycles. The highest BCUT2D eigenvalue weighted by Crippen LogP contribution is 2.28. The van der Waals surface area contributed by atoms with Crippen LogP contribution in [-0.2, 0) is 27.9 Å². The quantitative estimate of drug-likeness (QED) is 0.126.